The Kier molecular flexibility index (Phi) is 10.7. The predicted molar refractivity (Wildman–Crippen MR) is 139 cm³/mol. The smallest absolute Gasteiger partial charge is 0.213 e. The van der Waals surface area contributed by atoms with Gasteiger partial charge in [-0.2, -0.15) is 0 Å². The Morgan fingerprint density at radius 2 is 1.75 bits per heavy atom. The molecule has 1 fully saturated rings. The van der Waals surface area contributed by atoms with Crippen LogP contribution in [0.4, 0.5) is 0 Å². The third-order valence-corrected chi connectivity index (χ3v) is 6.51. The molecule has 176 valence electrons. The van der Waals surface area contributed by atoms with Gasteiger partial charge in [0.2, 0.25) is 5.88 Å². The summed E-state index contributed by atoms with van der Waals surface area (Å²) in [5.41, 5.74) is 2.11. The van der Waals surface area contributed by atoms with Crippen molar-refractivity contribution in [2.45, 2.75) is 56.1 Å². The van der Waals surface area contributed by atoms with Crippen LogP contribution in [-0.4, -0.2) is 45.3 Å². The first-order valence-corrected chi connectivity index (χ1v) is 12.7. The highest BCUT2D eigenvalue weighted by atomic mass is 127. The molecule has 2 aromatic rings. The summed E-state index contributed by atoms with van der Waals surface area (Å²) in [6.07, 6.45) is 10.1. The van der Waals surface area contributed by atoms with Crippen molar-refractivity contribution in [3.8, 4) is 5.88 Å². The molecule has 1 aromatic heterocycles. The van der Waals surface area contributed by atoms with Crippen LogP contribution in [0.2, 0.25) is 0 Å². The Morgan fingerprint density at radius 3 is 2.34 bits per heavy atom. The molecule has 1 heterocycles. The third-order valence-electron chi connectivity index (χ3n) is 5.38. The van der Waals surface area contributed by atoms with Crippen LogP contribution in [0, 0.1) is 0 Å². The molecule has 0 unspecified atom stereocenters. The number of hydrogen-bond acceptors (Lipinski definition) is 5. The number of nitrogens with one attached hydrogen (secondary N) is 2. The Hall–Kier alpha value is -1.88. The van der Waals surface area contributed by atoms with E-state index in [0.717, 1.165) is 30.4 Å². The van der Waals surface area contributed by atoms with E-state index in [9.17, 15) is 8.42 Å². The van der Waals surface area contributed by atoms with E-state index in [4.69, 9.17) is 4.74 Å². The van der Waals surface area contributed by atoms with Crippen molar-refractivity contribution in [2.75, 3.05) is 19.8 Å². The van der Waals surface area contributed by atoms with Crippen LogP contribution < -0.4 is 15.4 Å². The van der Waals surface area contributed by atoms with Crippen molar-refractivity contribution >= 4 is 39.8 Å². The fourth-order valence-electron chi connectivity index (χ4n) is 3.57. The summed E-state index contributed by atoms with van der Waals surface area (Å²) in [7, 11) is -1.43. The fourth-order valence-corrected chi connectivity index (χ4v) is 4.20. The first-order chi connectivity index (χ1) is 14.9. The van der Waals surface area contributed by atoms with Gasteiger partial charge in [-0.1, -0.05) is 24.6 Å². The normalized spacial score (nSPS) is 15.0. The molecule has 32 heavy (non-hydrogen) atoms. The van der Waals surface area contributed by atoms with E-state index in [2.05, 4.69) is 20.6 Å². The van der Waals surface area contributed by atoms with Crippen LogP contribution in [0.3, 0.4) is 0 Å². The molecule has 1 aliphatic carbocycles. The van der Waals surface area contributed by atoms with Crippen molar-refractivity contribution in [1.82, 2.24) is 15.6 Å². The summed E-state index contributed by atoms with van der Waals surface area (Å²) < 4.78 is 29.0. The minimum absolute atomic E-state index is 0. The molecule has 9 heteroatoms. The maximum atomic E-state index is 11.5. The van der Waals surface area contributed by atoms with Crippen LogP contribution in [0.15, 0.2) is 52.5 Å². The minimum Gasteiger partial charge on any atom is -0.474 e. The lowest BCUT2D eigenvalue weighted by Gasteiger charge is -2.22. The Labute approximate surface area is 208 Å². The second kappa shape index (κ2) is 13.0. The van der Waals surface area contributed by atoms with Gasteiger partial charge >= 0.3 is 0 Å². The molecule has 1 saturated carbocycles. The number of hydrogen-bond donors (Lipinski definition) is 2. The van der Waals surface area contributed by atoms with Crippen LogP contribution >= 0.6 is 24.0 Å². The molecule has 0 saturated heterocycles. The molecular weight excluding hydrogens is 539 g/mol. The number of halogens is 1. The number of guanidine groups is 1. The van der Waals surface area contributed by atoms with Crippen molar-refractivity contribution in [1.29, 1.82) is 0 Å². The maximum absolute atomic E-state index is 11.5. The van der Waals surface area contributed by atoms with Gasteiger partial charge in [0, 0.05) is 38.7 Å². The monoisotopic (exact) mass is 572 g/mol. The standard InChI is InChI=1S/C23H32N4O3S.HI/c1-24-23(25-15-14-18-8-11-21(12-9-18)31(2,28)29)27-17-19-10-13-22(26-16-19)30-20-6-4-3-5-7-20;/h8-13,16,20H,3-7,14-15,17H2,1-2H3,(H2,24,25,27);1H. The van der Waals surface area contributed by atoms with Crippen LogP contribution in [-0.2, 0) is 22.8 Å². The lowest BCUT2D eigenvalue weighted by Crippen LogP contribution is -2.37. The summed E-state index contributed by atoms with van der Waals surface area (Å²) in [6.45, 7) is 1.30. The molecule has 1 aromatic carbocycles. The van der Waals surface area contributed by atoms with Crippen LogP contribution in [0.1, 0.15) is 43.2 Å². The van der Waals surface area contributed by atoms with Gasteiger partial charge in [0.25, 0.3) is 0 Å². The zero-order valence-corrected chi connectivity index (χ0v) is 21.9. The summed E-state index contributed by atoms with van der Waals surface area (Å²) in [4.78, 5) is 9.02. The molecule has 2 N–H and O–H groups in total. The molecule has 0 spiro atoms. The Bertz CT molecular complexity index is 958. The molecule has 0 aliphatic heterocycles. The lowest BCUT2D eigenvalue weighted by atomic mass is 9.98. The van der Waals surface area contributed by atoms with Crippen molar-refractivity contribution in [3.63, 3.8) is 0 Å². The predicted octanol–water partition coefficient (Wildman–Crippen LogP) is 3.72. The number of nitrogens with zero attached hydrogens (tertiary/aromatic N) is 2. The Balaban J connectivity index is 0.00000363. The molecule has 3 rings (SSSR count). The minimum atomic E-state index is -3.16. The second-order valence-electron chi connectivity index (χ2n) is 7.90. The van der Waals surface area contributed by atoms with E-state index in [0.29, 0.717) is 35.9 Å². The highest BCUT2D eigenvalue weighted by Crippen LogP contribution is 2.22. The van der Waals surface area contributed by atoms with E-state index in [-0.39, 0.29) is 24.0 Å². The number of benzene rings is 1. The second-order valence-corrected chi connectivity index (χ2v) is 9.92. The topological polar surface area (TPSA) is 92.7 Å². The average molecular weight is 573 g/mol. The number of aromatic nitrogens is 1. The lowest BCUT2D eigenvalue weighted by molar-refractivity contribution is 0.148. The highest BCUT2D eigenvalue weighted by molar-refractivity contribution is 14.0. The largest absolute Gasteiger partial charge is 0.474 e. The third kappa shape index (κ3) is 8.57. The first kappa shape index (κ1) is 26.4. The quantitative estimate of drug-likeness (QED) is 0.285. The van der Waals surface area contributed by atoms with E-state index < -0.39 is 9.84 Å². The molecular formula is C23H33IN4O3S. The summed E-state index contributed by atoms with van der Waals surface area (Å²) in [5.74, 6) is 1.40. The van der Waals surface area contributed by atoms with E-state index in [1.165, 1.54) is 25.5 Å². The van der Waals surface area contributed by atoms with Crippen molar-refractivity contribution in [3.05, 3.63) is 53.7 Å². The fraction of sp³-hybridized carbons (Fsp3) is 0.478. The number of ether oxygens (including phenoxy) is 1. The summed E-state index contributed by atoms with van der Waals surface area (Å²) in [6, 6.07) is 10.9. The van der Waals surface area contributed by atoms with Gasteiger partial charge in [0.1, 0.15) is 6.10 Å². The highest BCUT2D eigenvalue weighted by Gasteiger charge is 2.15. The van der Waals surface area contributed by atoms with Gasteiger partial charge in [0.15, 0.2) is 15.8 Å². The Morgan fingerprint density at radius 1 is 1.06 bits per heavy atom. The van der Waals surface area contributed by atoms with Crippen LogP contribution in [0.5, 0.6) is 5.88 Å². The van der Waals surface area contributed by atoms with Gasteiger partial charge in [-0.3, -0.25) is 4.99 Å². The number of aliphatic imine (C=N–C) groups is 1. The van der Waals surface area contributed by atoms with E-state index in [1.54, 1.807) is 19.2 Å². The molecule has 0 bridgehead atoms. The van der Waals surface area contributed by atoms with Crippen molar-refractivity contribution in [2.24, 2.45) is 4.99 Å². The van der Waals surface area contributed by atoms with Gasteiger partial charge in [-0.25, -0.2) is 13.4 Å². The zero-order chi connectivity index (χ0) is 22.1. The van der Waals surface area contributed by atoms with Crippen LogP contribution in [0.25, 0.3) is 0 Å². The first-order valence-electron chi connectivity index (χ1n) is 10.8. The van der Waals surface area contributed by atoms with E-state index >= 15 is 0 Å². The van der Waals surface area contributed by atoms with Gasteiger partial charge < -0.3 is 15.4 Å². The number of sulfone groups is 1. The zero-order valence-electron chi connectivity index (χ0n) is 18.7. The molecule has 7 nitrogen and oxygen atoms in total. The number of pyridine rings is 1. The number of rotatable bonds is 8. The van der Waals surface area contributed by atoms with Crippen molar-refractivity contribution < 1.29 is 13.2 Å². The van der Waals surface area contributed by atoms with Gasteiger partial charge in [-0.05, 0) is 55.4 Å². The summed E-state index contributed by atoms with van der Waals surface area (Å²) in [5, 5.41) is 6.55. The SMILES string of the molecule is CN=C(NCCc1ccc(S(C)(=O)=O)cc1)NCc1ccc(OC2CCCCC2)nc1.I. The molecule has 0 amide bonds. The molecule has 0 atom stereocenters. The maximum Gasteiger partial charge on any atom is 0.213 e. The van der Waals surface area contributed by atoms with Gasteiger partial charge in [0.05, 0.1) is 4.90 Å². The summed E-state index contributed by atoms with van der Waals surface area (Å²) >= 11 is 0. The van der Waals surface area contributed by atoms with E-state index in [1.807, 2.05) is 30.5 Å². The average Bonchev–Trinajstić information content (AvgIpc) is 2.77. The molecule has 1 aliphatic rings. The molecule has 0 radical (unpaired) electrons. The van der Waals surface area contributed by atoms with Gasteiger partial charge in [-0.15, -0.1) is 24.0 Å².